The topological polar surface area (TPSA) is 98.2 Å². The average molecular weight is 315 g/mol. The molecule has 8 heteroatoms. The average Bonchev–Trinajstić information content (AvgIpc) is 2.96. The van der Waals surface area contributed by atoms with Crippen LogP contribution in [0.15, 0.2) is 20.9 Å². The summed E-state index contributed by atoms with van der Waals surface area (Å²) in [6.45, 7) is 3.76. The summed E-state index contributed by atoms with van der Waals surface area (Å²) in [6.07, 6.45) is 2.26. The summed E-state index contributed by atoms with van der Waals surface area (Å²) in [7, 11) is -3.61. The first-order valence-electron chi connectivity index (χ1n) is 6.12. The Balaban J connectivity index is 2.14. The lowest BCUT2D eigenvalue weighted by atomic mass is 10.2. The monoisotopic (exact) mass is 315 g/mol. The van der Waals surface area contributed by atoms with Crippen molar-refractivity contribution in [3.63, 3.8) is 0 Å². The summed E-state index contributed by atoms with van der Waals surface area (Å²) in [5.41, 5.74) is 6.14. The highest BCUT2D eigenvalue weighted by atomic mass is 32.2. The number of hydrogen-bond donors (Lipinski definition) is 2. The van der Waals surface area contributed by atoms with E-state index in [4.69, 9.17) is 10.2 Å². The molecule has 6 nitrogen and oxygen atoms in total. The molecule has 0 aliphatic rings. The minimum absolute atomic E-state index is 0.131. The molecule has 0 amide bonds. The first kappa shape index (κ1) is 15.2. The maximum Gasteiger partial charge on any atom is 0.244 e. The van der Waals surface area contributed by atoms with E-state index in [2.05, 4.69) is 9.71 Å². The van der Waals surface area contributed by atoms with E-state index in [9.17, 15) is 8.42 Å². The number of furan rings is 1. The molecule has 3 N–H and O–H groups in total. The van der Waals surface area contributed by atoms with Gasteiger partial charge < -0.3 is 10.2 Å². The highest BCUT2D eigenvalue weighted by Gasteiger charge is 2.25. The fraction of sp³-hybridized carbons (Fsp3) is 0.417. The lowest BCUT2D eigenvalue weighted by Gasteiger charge is -2.06. The third-order valence-corrected chi connectivity index (χ3v) is 5.41. The summed E-state index contributed by atoms with van der Waals surface area (Å²) in [5.74, 6) is 0.912. The molecule has 0 saturated heterocycles. The molecule has 2 heterocycles. The van der Waals surface area contributed by atoms with Gasteiger partial charge in [-0.2, -0.15) is 0 Å². The van der Waals surface area contributed by atoms with Gasteiger partial charge in [0.2, 0.25) is 10.0 Å². The molecule has 0 saturated carbocycles. The van der Waals surface area contributed by atoms with E-state index >= 15 is 0 Å². The highest BCUT2D eigenvalue weighted by Crippen LogP contribution is 2.25. The lowest BCUT2D eigenvalue weighted by molar-refractivity contribution is 0.494. The normalized spacial score (nSPS) is 11.9. The number of nitrogens with two attached hydrogens (primary N) is 1. The largest absolute Gasteiger partial charge is 0.465 e. The molecule has 0 bridgehead atoms. The first-order valence-corrected chi connectivity index (χ1v) is 8.49. The second-order valence-electron chi connectivity index (χ2n) is 4.30. The van der Waals surface area contributed by atoms with Crippen LogP contribution >= 0.6 is 11.3 Å². The number of aryl methyl sites for hydroxylation is 2. The fourth-order valence-corrected chi connectivity index (χ4v) is 4.15. The van der Waals surface area contributed by atoms with E-state index < -0.39 is 10.0 Å². The number of sulfonamides is 1. The molecule has 0 aliphatic heterocycles. The van der Waals surface area contributed by atoms with E-state index in [-0.39, 0.29) is 11.4 Å². The molecule has 0 fully saturated rings. The fourth-order valence-electron chi connectivity index (χ4n) is 2.04. The number of aromatic nitrogens is 1. The smallest absolute Gasteiger partial charge is 0.244 e. The summed E-state index contributed by atoms with van der Waals surface area (Å²) in [4.78, 5) is 4.27. The van der Waals surface area contributed by atoms with Crippen LogP contribution in [0, 0.1) is 13.8 Å². The van der Waals surface area contributed by atoms with Crippen LogP contribution in [0.3, 0.4) is 0 Å². The van der Waals surface area contributed by atoms with Crippen molar-refractivity contribution in [2.24, 2.45) is 5.73 Å². The summed E-state index contributed by atoms with van der Waals surface area (Å²) >= 11 is 1.50. The molecular weight excluding hydrogens is 298 g/mol. The summed E-state index contributed by atoms with van der Waals surface area (Å²) in [5, 5.41) is 2.76. The van der Waals surface area contributed by atoms with Gasteiger partial charge in [-0.25, -0.2) is 18.1 Å². The number of hydrogen-bond acceptors (Lipinski definition) is 6. The van der Waals surface area contributed by atoms with Crippen molar-refractivity contribution in [3.8, 4) is 0 Å². The quantitative estimate of drug-likeness (QED) is 0.838. The van der Waals surface area contributed by atoms with Gasteiger partial charge >= 0.3 is 0 Å². The van der Waals surface area contributed by atoms with Crippen LogP contribution in [0.1, 0.15) is 22.1 Å². The molecule has 0 aromatic carbocycles. The minimum Gasteiger partial charge on any atom is -0.465 e. The Bertz CT molecular complexity index is 675. The first-order chi connectivity index (χ1) is 9.45. The molecule has 20 heavy (non-hydrogen) atoms. The van der Waals surface area contributed by atoms with Crippen LogP contribution in [0.4, 0.5) is 0 Å². The number of rotatable bonds is 6. The maximum atomic E-state index is 12.3. The van der Waals surface area contributed by atoms with Gasteiger partial charge in [0.1, 0.15) is 16.4 Å². The van der Waals surface area contributed by atoms with E-state index in [1.807, 2.05) is 5.38 Å². The third kappa shape index (κ3) is 3.09. The molecule has 2 aromatic heterocycles. The zero-order valence-corrected chi connectivity index (χ0v) is 13.0. The Morgan fingerprint density at radius 2 is 2.15 bits per heavy atom. The van der Waals surface area contributed by atoms with E-state index in [0.29, 0.717) is 30.0 Å². The second-order valence-corrected chi connectivity index (χ2v) is 6.98. The molecule has 0 spiro atoms. The van der Waals surface area contributed by atoms with Gasteiger partial charge in [-0.3, -0.25) is 0 Å². The zero-order chi connectivity index (χ0) is 14.8. The maximum absolute atomic E-state index is 12.3. The van der Waals surface area contributed by atoms with Crippen molar-refractivity contribution < 1.29 is 12.8 Å². The Morgan fingerprint density at radius 1 is 1.40 bits per heavy atom. The number of nitrogens with one attached hydrogen (secondary N) is 1. The number of thiazole rings is 1. The van der Waals surface area contributed by atoms with Crippen molar-refractivity contribution in [1.82, 2.24) is 9.71 Å². The van der Waals surface area contributed by atoms with Crippen molar-refractivity contribution >= 4 is 21.4 Å². The predicted octanol–water partition coefficient (Wildman–Crippen LogP) is 1.33. The summed E-state index contributed by atoms with van der Waals surface area (Å²) < 4.78 is 32.6. The molecular formula is C12H17N3O3S2. The van der Waals surface area contributed by atoms with Gasteiger partial charge in [0.15, 0.2) is 0 Å². The molecule has 0 radical (unpaired) electrons. The Hall–Kier alpha value is -1.22. The highest BCUT2D eigenvalue weighted by molar-refractivity contribution is 7.89. The van der Waals surface area contributed by atoms with Crippen LogP contribution in [0.2, 0.25) is 0 Å². The van der Waals surface area contributed by atoms with E-state index in [1.165, 1.54) is 11.3 Å². The van der Waals surface area contributed by atoms with Crippen molar-refractivity contribution in [3.05, 3.63) is 33.7 Å². The van der Waals surface area contributed by atoms with Crippen LogP contribution in [0.5, 0.6) is 0 Å². The zero-order valence-electron chi connectivity index (χ0n) is 11.3. The standard InChI is InChI=1S/C12H17N3O3S2/c1-8-10(7-13)12(9(2)18-8)20(16,17)15-4-3-11-14-5-6-19-11/h5-6,15H,3-4,7,13H2,1-2H3. The van der Waals surface area contributed by atoms with Gasteiger partial charge in [-0.05, 0) is 13.8 Å². The SMILES string of the molecule is Cc1oc(C)c(S(=O)(=O)NCCc2nccs2)c1CN. The molecule has 110 valence electrons. The van der Waals surface area contributed by atoms with Crippen LogP contribution in [0.25, 0.3) is 0 Å². The van der Waals surface area contributed by atoms with Gasteiger partial charge in [-0.15, -0.1) is 11.3 Å². The molecule has 2 rings (SSSR count). The Labute approximate surface area is 122 Å². The molecule has 0 unspecified atom stereocenters. The van der Waals surface area contributed by atoms with Crippen LogP contribution < -0.4 is 10.5 Å². The van der Waals surface area contributed by atoms with Crippen molar-refractivity contribution in [1.29, 1.82) is 0 Å². The minimum atomic E-state index is -3.61. The molecule has 2 aromatic rings. The van der Waals surface area contributed by atoms with Gasteiger partial charge in [0, 0.05) is 36.7 Å². The predicted molar refractivity (Wildman–Crippen MR) is 77.1 cm³/mol. The number of nitrogens with zero attached hydrogens (tertiary/aromatic N) is 1. The van der Waals surface area contributed by atoms with E-state index in [0.717, 1.165) is 5.01 Å². The molecule has 0 aliphatic carbocycles. The van der Waals surface area contributed by atoms with Gasteiger partial charge in [0.05, 0.1) is 5.01 Å². The summed E-state index contributed by atoms with van der Waals surface area (Å²) in [6, 6.07) is 0. The van der Waals surface area contributed by atoms with Crippen LogP contribution in [-0.2, 0) is 23.0 Å². The van der Waals surface area contributed by atoms with Crippen molar-refractivity contribution in [2.45, 2.75) is 31.7 Å². The second kappa shape index (κ2) is 6.04. The van der Waals surface area contributed by atoms with Gasteiger partial charge in [-0.1, -0.05) is 0 Å². The molecule has 0 atom stereocenters. The van der Waals surface area contributed by atoms with Crippen molar-refractivity contribution in [2.75, 3.05) is 6.54 Å². The third-order valence-electron chi connectivity index (χ3n) is 2.91. The Kier molecular flexibility index (Phi) is 4.59. The van der Waals surface area contributed by atoms with Crippen LogP contribution in [-0.4, -0.2) is 19.9 Å². The van der Waals surface area contributed by atoms with Gasteiger partial charge in [0.25, 0.3) is 0 Å². The Morgan fingerprint density at radius 3 is 2.75 bits per heavy atom. The lowest BCUT2D eigenvalue weighted by Crippen LogP contribution is -2.27. The van der Waals surface area contributed by atoms with E-state index in [1.54, 1.807) is 20.0 Å².